The number of nitro groups is 1. The molecule has 0 bridgehead atoms. The average molecular weight is 333 g/mol. The molecule has 0 aliphatic rings. The third kappa shape index (κ3) is 3.91. The number of hydrogen-bond donors (Lipinski definition) is 2. The van der Waals surface area contributed by atoms with Crippen molar-refractivity contribution in [2.45, 2.75) is 25.8 Å². The van der Waals surface area contributed by atoms with Crippen LogP contribution < -0.4 is 5.32 Å². The maximum Gasteiger partial charge on any atom is 0.326 e. The SMILES string of the molecule is CCCC(NC(=O)c1cn(-c2cccc([N+](=O)[O-])c2)nn1)C(=O)O. The van der Waals surface area contributed by atoms with Gasteiger partial charge in [0.2, 0.25) is 0 Å². The monoisotopic (exact) mass is 333 g/mol. The molecule has 10 nitrogen and oxygen atoms in total. The summed E-state index contributed by atoms with van der Waals surface area (Å²) in [5.41, 5.74) is 0.158. The van der Waals surface area contributed by atoms with Gasteiger partial charge in [-0.3, -0.25) is 14.9 Å². The molecule has 1 unspecified atom stereocenters. The number of amides is 1. The first-order valence-electron chi connectivity index (χ1n) is 7.13. The molecule has 24 heavy (non-hydrogen) atoms. The van der Waals surface area contributed by atoms with Gasteiger partial charge in [0.05, 0.1) is 16.8 Å². The Morgan fingerprint density at radius 1 is 1.46 bits per heavy atom. The quantitative estimate of drug-likeness (QED) is 0.572. The van der Waals surface area contributed by atoms with Crippen LogP contribution in [-0.2, 0) is 4.79 Å². The number of nitrogens with one attached hydrogen (secondary N) is 1. The van der Waals surface area contributed by atoms with Gasteiger partial charge in [0.15, 0.2) is 5.69 Å². The van der Waals surface area contributed by atoms with Crippen LogP contribution in [0.4, 0.5) is 5.69 Å². The van der Waals surface area contributed by atoms with E-state index in [4.69, 9.17) is 5.11 Å². The largest absolute Gasteiger partial charge is 0.480 e. The van der Waals surface area contributed by atoms with E-state index >= 15 is 0 Å². The standard InChI is InChI=1S/C14H15N5O5/c1-2-4-11(14(21)22)15-13(20)12-8-18(17-16-12)9-5-3-6-10(7-9)19(23)24/h3,5-8,11H,2,4H2,1H3,(H,15,20)(H,21,22). The Morgan fingerprint density at radius 2 is 2.21 bits per heavy atom. The van der Waals surface area contributed by atoms with E-state index in [0.717, 1.165) is 0 Å². The summed E-state index contributed by atoms with van der Waals surface area (Å²) in [5.74, 6) is -1.80. The fraction of sp³-hybridized carbons (Fsp3) is 0.286. The molecule has 0 saturated carbocycles. The molecule has 2 N–H and O–H groups in total. The van der Waals surface area contributed by atoms with Crippen molar-refractivity contribution < 1.29 is 19.6 Å². The summed E-state index contributed by atoms with van der Waals surface area (Å²) in [6.07, 6.45) is 2.16. The number of rotatable bonds is 7. The zero-order chi connectivity index (χ0) is 17.7. The minimum absolute atomic E-state index is 0.0798. The number of aromatic nitrogens is 3. The average Bonchev–Trinajstić information content (AvgIpc) is 3.04. The van der Waals surface area contributed by atoms with Gasteiger partial charge in [-0.05, 0) is 12.5 Å². The van der Waals surface area contributed by atoms with Crippen LogP contribution in [0.1, 0.15) is 30.3 Å². The lowest BCUT2D eigenvalue weighted by atomic mass is 10.1. The van der Waals surface area contributed by atoms with Gasteiger partial charge in [-0.1, -0.05) is 24.6 Å². The van der Waals surface area contributed by atoms with E-state index < -0.39 is 22.8 Å². The maximum absolute atomic E-state index is 12.1. The molecule has 0 saturated heterocycles. The number of carbonyl (C=O) groups excluding carboxylic acids is 1. The summed E-state index contributed by atoms with van der Waals surface area (Å²) in [7, 11) is 0. The first kappa shape index (κ1) is 17.1. The highest BCUT2D eigenvalue weighted by Gasteiger charge is 2.21. The summed E-state index contributed by atoms with van der Waals surface area (Å²) >= 11 is 0. The maximum atomic E-state index is 12.1. The molecular weight excluding hydrogens is 318 g/mol. The molecule has 1 aromatic heterocycles. The Bertz CT molecular complexity index is 772. The number of carboxylic acid groups (broad SMARTS) is 1. The summed E-state index contributed by atoms with van der Waals surface area (Å²) in [6, 6.07) is 4.66. The van der Waals surface area contributed by atoms with Gasteiger partial charge in [-0.25, -0.2) is 9.48 Å². The van der Waals surface area contributed by atoms with Crippen LogP contribution in [0, 0.1) is 10.1 Å². The Hall–Kier alpha value is -3.30. The fourth-order valence-corrected chi connectivity index (χ4v) is 2.02. The van der Waals surface area contributed by atoms with Gasteiger partial charge in [-0.15, -0.1) is 5.10 Å². The van der Waals surface area contributed by atoms with E-state index in [0.29, 0.717) is 18.5 Å². The zero-order valence-electron chi connectivity index (χ0n) is 12.7. The van der Waals surface area contributed by atoms with Gasteiger partial charge in [0.25, 0.3) is 11.6 Å². The lowest BCUT2D eigenvalue weighted by Crippen LogP contribution is -2.40. The van der Waals surface area contributed by atoms with E-state index in [1.165, 1.54) is 29.1 Å². The number of aliphatic carboxylic acids is 1. The lowest BCUT2D eigenvalue weighted by molar-refractivity contribution is -0.384. The van der Waals surface area contributed by atoms with Gasteiger partial charge < -0.3 is 10.4 Å². The van der Waals surface area contributed by atoms with Gasteiger partial charge in [0, 0.05) is 12.1 Å². The highest BCUT2D eigenvalue weighted by molar-refractivity contribution is 5.94. The molecule has 126 valence electrons. The molecule has 0 aliphatic heterocycles. The Kier molecular flexibility index (Phi) is 5.20. The highest BCUT2D eigenvalue weighted by Crippen LogP contribution is 2.16. The van der Waals surface area contributed by atoms with Gasteiger partial charge in [-0.2, -0.15) is 0 Å². The van der Waals surface area contributed by atoms with Crippen molar-refractivity contribution in [3.05, 3.63) is 46.3 Å². The van der Waals surface area contributed by atoms with Crippen molar-refractivity contribution in [3.63, 3.8) is 0 Å². The molecule has 1 heterocycles. The molecule has 0 fully saturated rings. The molecule has 2 rings (SSSR count). The third-order valence-electron chi connectivity index (χ3n) is 3.21. The van der Waals surface area contributed by atoms with E-state index in [-0.39, 0.29) is 11.4 Å². The third-order valence-corrected chi connectivity index (χ3v) is 3.21. The number of hydrogen-bond acceptors (Lipinski definition) is 6. The predicted octanol–water partition coefficient (Wildman–Crippen LogP) is 1.16. The molecule has 1 amide bonds. The number of nitrogens with zero attached hydrogens (tertiary/aromatic N) is 4. The van der Waals surface area contributed by atoms with Crippen molar-refractivity contribution in [2.75, 3.05) is 0 Å². The number of carboxylic acids is 1. The van der Waals surface area contributed by atoms with Gasteiger partial charge >= 0.3 is 5.97 Å². The molecule has 0 spiro atoms. The number of nitro benzene ring substituents is 1. The van der Waals surface area contributed by atoms with E-state index in [1.54, 1.807) is 13.0 Å². The molecule has 2 aromatic rings. The molecule has 1 aromatic carbocycles. The van der Waals surface area contributed by atoms with Crippen LogP contribution in [0.25, 0.3) is 5.69 Å². The van der Waals surface area contributed by atoms with Crippen molar-refractivity contribution in [1.29, 1.82) is 0 Å². The zero-order valence-corrected chi connectivity index (χ0v) is 12.7. The van der Waals surface area contributed by atoms with Crippen LogP contribution in [-0.4, -0.2) is 42.9 Å². The highest BCUT2D eigenvalue weighted by atomic mass is 16.6. The lowest BCUT2D eigenvalue weighted by Gasteiger charge is -2.11. The summed E-state index contributed by atoms with van der Waals surface area (Å²) in [4.78, 5) is 33.4. The summed E-state index contributed by atoms with van der Waals surface area (Å²) in [5, 5.41) is 29.6. The topological polar surface area (TPSA) is 140 Å². The van der Waals surface area contributed by atoms with Gasteiger partial charge in [0.1, 0.15) is 6.04 Å². The minimum atomic E-state index is -1.13. The smallest absolute Gasteiger partial charge is 0.326 e. The van der Waals surface area contributed by atoms with Crippen LogP contribution in [0.3, 0.4) is 0 Å². The molecule has 10 heteroatoms. The van der Waals surface area contributed by atoms with Crippen LogP contribution in [0.2, 0.25) is 0 Å². The second-order valence-electron chi connectivity index (χ2n) is 4.98. The number of benzene rings is 1. The molecule has 1 atom stereocenters. The van der Waals surface area contributed by atoms with E-state index in [2.05, 4.69) is 15.6 Å². The Morgan fingerprint density at radius 3 is 2.83 bits per heavy atom. The summed E-state index contributed by atoms with van der Waals surface area (Å²) in [6.45, 7) is 1.81. The number of non-ortho nitro benzene ring substituents is 1. The first-order valence-corrected chi connectivity index (χ1v) is 7.13. The van der Waals surface area contributed by atoms with Crippen molar-refractivity contribution >= 4 is 17.6 Å². The van der Waals surface area contributed by atoms with Crippen LogP contribution in [0.5, 0.6) is 0 Å². The second-order valence-corrected chi connectivity index (χ2v) is 4.98. The normalized spacial score (nSPS) is 11.7. The summed E-state index contributed by atoms with van der Waals surface area (Å²) < 4.78 is 1.21. The minimum Gasteiger partial charge on any atom is -0.480 e. The Balaban J connectivity index is 2.18. The fourth-order valence-electron chi connectivity index (χ4n) is 2.02. The van der Waals surface area contributed by atoms with E-state index in [9.17, 15) is 19.7 Å². The molecule has 0 radical (unpaired) electrons. The van der Waals surface area contributed by atoms with Crippen molar-refractivity contribution in [3.8, 4) is 5.69 Å². The van der Waals surface area contributed by atoms with Crippen LogP contribution >= 0.6 is 0 Å². The van der Waals surface area contributed by atoms with E-state index in [1.807, 2.05) is 0 Å². The van der Waals surface area contributed by atoms with Crippen molar-refractivity contribution in [1.82, 2.24) is 20.3 Å². The second kappa shape index (κ2) is 7.31. The predicted molar refractivity (Wildman–Crippen MR) is 81.8 cm³/mol. The van der Waals surface area contributed by atoms with Crippen molar-refractivity contribution in [2.24, 2.45) is 0 Å². The molecule has 0 aliphatic carbocycles. The Labute approximate surface area is 136 Å². The first-order chi connectivity index (χ1) is 11.4. The van der Waals surface area contributed by atoms with Crippen LogP contribution in [0.15, 0.2) is 30.5 Å². The number of carbonyl (C=O) groups is 2. The molecular formula is C14H15N5O5.